The van der Waals surface area contributed by atoms with E-state index >= 15 is 0 Å². The predicted molar refractivity (Wildman–Crippen MR) is 92.9 cm³/mol. The molecule has 0 spiro atoms. The van der Waals surface area contributed by atoms with Gasteiger partial charge in [-0.1, -0.05) is 12.1 Å². The molecule has 3 heterocycles. The lowest BCUT2D eigenvalue weighted by Crippen LogP contribution is -2.48. The predicted octanol–water partition coefficient (Wildman–Crippen LogP) is 0.392. The third-order valence-corrected chi connectivity index (χ3v) is 6.21. The molecule has 4 rings (SSSR count). The summed E-state index contributed by atoms with van der Waals surface area (Å²) in [5, 5.41) is 14.2. The molecule has 3 aromatic rings. The summed E-state index contributed by atoms with van der Waals surface area (Å²) in [6.45, 7) is 1.53. The second kappa shape index (κ2) is 6.90. The van der Waals surface area contributed by atoms with E-state index in [0.717, 1.165) is 5.56 Å². The minimum Gasteiger partial charge on any atom is -0.313 e. The van der Waals surface area contributed by atoms with Crippen LogP contribution in [0.15, 0.2) is 60.0 Å². The van der Waals surface area contributed by atoms with Crippen molar-refractivity contribution in [3.63, 3.8) is 0 Å². The van der Waals surface area contributed by atoms with E-state index in [9.17, 15) is 8.42 Å². The van der Waals surface area contributed by atoms with Gasteiger partial charge in [-0.05, 0) is 40.3 Å². The van der Waals surface area contributed by atoms with Crippen LogP contribution in [0.5, 0.6) is 0 Å². The van der Waals surface area contributed by atoms with E-state index in [1.165, 1.54) is 15.3 Å². The summed E-state index contributed by atoms with van der Waals surface area (Å²) in [5.74, 6) is 0. The number of rotatable bonds is 4. The molecule has 1 N–H and O–H groups in total. The average molecular weight is 371 g/mol. The molecular formula is C16H17N7O2S. The Hall–Kier alpha value is -2.69. The Kier molecular flexibility index (Phi) is 4.45. The smallest absolute Gasteiger partial charge is 0.243 e. The first-order valence-electron chi connectivity index (χ1n) is 8.12. The van der Waals surface area contributed by atoms with Crippen molar-refractivity contribution >= 4 is 10.0 Å². The van der Waals surface area contributed by atoms with Crippen LogP contribution in [0.2, 0.25) is 0 Å². The summed E-state index contributed by atoms with van der Waals surface area (Å²) in [4.78, 5) is 4.33. The minimum absolute atomic E-state index is 0.210. The van der Waals surface area contributed by atoms with Gasteiger partial charge >= 0.3 is 0 Å². The van der Waals surface area contributed by atoms with E-state index in [-0.39, 0.29) is 10.9 Å². The van der Waals surface area contributed by atoms with Crippen LogP contribution in [-0.4, -0.2) is 57.5 Å². The highest BCUT2D eigenvalue weighted by Gasteiger charge is 2.34. The van der Waals surface area contributed by atoms with E-state index in [1.807, 2.05) is 12.1 Å². The standard InChI is InChI=1S/C16H17N7O2S/c24-26(25,15-5-1-4-14(9-15)22-12-19-20-21-22)23-8-7-18-11-16(23)13-3-2-6-17-10-13/h1-6,9-10,12,16,18H,7-8,11H2. The molecule has 26 heavy (non-hydrogen) atoms. The lowest BCUT2D eigenvalue weighted by Gasteiger charge is -2.35. The van der Waals surface area contributed by atoms with E-state index in [0.29, 0.717) is 25.3 Å². The number of sulfonamides is 1. The van der Waals surface area contributed by atoms with Crippen molar-refractivity contribution in [3.8, 4) is 5.69 Å². The summed E-state index contributed by atoms with van der Waals surface area (Å²) < 4.78 is 29.6. The van der Waals surface area contributed by atoms with Gasteiger partial charge in [0.05, 0.1) is 16.6 Å². The maximum absolute atomic E-state index is 13.3. The molecule has 0 radical (unpaired) electrons. The van der Waals surface area contributed by atoms with Crippen LogP contribution in [0, 0.1) is 0 Å². The van der Waals surface area contributed by atoms with Gasteiger partial charge in [0.2, 0.25) is 10.0 Å². The Bertz CT molecular complexity index is 977. The van der Waals surface area contributed by atoms with Gasteiger partial charge in [-0.2, -0.15) is 4.31 Å². The molecule has 1 fully saturated rings. The highest BCUT2D eigenvalue weighted by atomic mass is 32.2. The molecule has 1 saturated heterocycles. The number of aromatic nitrogens is 5. The Labute approximate surface area is 150 Å². The zero-order valence-electron chi connectivity index (χ0n) is 13.8. The first kappa shape index (κ1) is 16.8. The quantitative estimate of drug-likeness (QED) is 0.707. The number of nitrogens with zero attached hydrogens (tertiary/aromatic N) is 6. The number of piperazine rings is 1. The molecular weight excluding hydrogens is 354 g/mol. The maximum Gasteiger partial charge on any atom is 0.243 e. The Morgan fingerprint density at radius 2 is 2.12 bits per heavy atom. The Balaban J connectivity index is 1.72. The number of hydrogen-bond donors (Lipinski definition) is 1. The van der Waals surface area contributed by atoms with Gasteiger partial charge in [-0.25, -0.2) is 13.1 Å². The second-order valence-corrected chi connectivity index (χ2v) is 7.76. The lowest BCUT2D eigenvalue weighted by molar-refractivity contribution is 0.271. The van der Waals surface area contributed by atoms with Crippen molar-refractivity contribution in [3.05, 3.63) is 60.7 Å². The molecule has 2 aromatic heterocycles. The fourth-order valence-electron chi connectivity index (χ4n) is 3.03. The zero-order chi connectivity index (χ0) is 18.0. The van der Waals surface area contributed by atoms with Crippen LogP contribution >= 0.6 is 0 Å². The van der Waals surface area contributed by atoms with Crippen molar-refractivity contribution in [2.45, 2.75) is 10.9 Å². The third-order valence-electron chi connectivity index (χ3n) is 4.30. The van der Waals surface area contributed by atoms with Crippen LogP contribution in [0.3, 0.4) is 0 Å². The zero-order valence-corrected chi connectivity index (χ0v) is 14.6. The van der Waals surface area contributed by atoms with Crippen LogP contribution < -0.4 is 5.32 Å². The van der Waals surface area contributed by atoms with Gasteiger partial charge in [-0.3, -0.25) is 4.98 Å². The second-order valence-electron chi connectivity index (χ2n) is 5.87. The summed E-state index contributed by atoms with van der Waals surface area (Å²) in [6, 6.07) is 10.0. The molecule has 1 aliphatic rings. The minimum atomic E-state index is -3.69. The van der Waals surface area contributed by atoms with Gasteiger partial charge in [0.15, 0.2) is 0 Å². The molecule has 0 saturated carbocycles. The fraction of sp³-hybridized carbons (Fsp3) is 0.250. The summed E-state index contributed by atoms with van der Waals surface area (Å²) in [5.41, 5.74) is 1.45. The van der Waals surface area contributed by atoms with Crippen molar-refractivity contribution in [2.24, 2.45) is 0 Å². The highest BCUT2D eigenvalue weighted by Crippen LogP contribution is 2.29. The number of pyridine rings is 1. The maximum atomic E-state index is 13.3. The molecule has 1 aromatic carbocycles. The molecule has 0 aliphatic carbocycles. The highest BCUT2D eigenvalue weighted by molar-refractivity contribution is 7.89. The molecule has 10 heteroatoms. The first-order chi connectivity index (χ1) is 12.7. The number of benzene rings is 1. The van der Waals surface area contributed by atoms with Crippen molar-refractivity contribution in [1.29, 1.82) is 0 Å². The van der Waals surface area contributed by atoms with Crippen LogP contribution in [0.4, 0.5) is 0 Å². The molecule has 1 aliphatic heterocycles. The normalized spacial score (nSPS) is 18.7. The summed E-state index contributed by atoms with van der Waals surface area (Å²) in [7, 11) is -3.69. The van der Waals surface area contributed by atoms with Gasteiger partial charge in [-0.15, -0.1) is 5.10 Å². The molecule has 134 valence electrons. The van der Waals surface area contributed by atoms with Crippen LogP contribution in [0.25, 0.3) is 5.69 Å². The fourth-order valence-corrected chi connectivity index (χ4v) is 4.69. The molecule has 1 atom stereocenters. The SMILES string of the molecule is O=S(=O)(c1cccc(-n2cnnn2)c1)N1CCNCC1c1cccnc1. The van der Waals surface area contributed by atoms with E-state index < -0.39 is 10.0 Å². The van der Waals surface area contributed by atoms with Crippen molar-refractivity contribution in [2.75, 3.05) is 19.6 Å². The van der Waals surface area contributed by atoms with Gasteiger partial charge in [0.25, 0.3) is 0 Å². The summed E-state index contributed by atoms with van der Waals surface area (Å²) >= 11 is 0. The number of tetrazole rings is 1. The molecule has 9 nitrogen and oxygen atoms in total. The van der Waals surface area contributed by atoms with Crippen molar-refractivity contribution in [1.82, 2.24) is 34.8 Å². The molecule has 0 bridgehead atoms. The first-order valence-corrected chi connectivity index (χ1v) is 9.56. The lowest BCUT2D eigenvalue weighted by atomic mass is 10.1. The van der Waals surface area contributed by atoms with E-state index in [4.69, 9.17) is 0 Å². The third kappa shape index (κ3) is 3.09. The largest absolute Gasteiger partial charge is 0.313 e. The van der Waals surface area contributed by atoms with Gasteiger partial charge < -0.3 is 5.32 Å². The van der Waals surface area contributed by atoms with Gasteiger partial charge in [0, 0.05) is 32.0 Å². The molecule has 0 amide bonds. The van der Waals surface area contributed by atoms with Crippen LogP contribution in [0.1, 0.15) is 11.6 Å². The van der Waals surface area contributed by atoms with Crippen LogP contribution in [-0.2, 0) is 10.0 Å². The Morgan fingerprint density at radius 3 is 2.88 bits per heavy atom. The van der Waals surface area contributed by atoms with E-state index in [2.05, 4.69) is 25.8 Å². The van der Waals surface area contributed by atoms with Crippen molar-refractivity contribution < 1.29 is 8.42 Å². The topological polar surface area (TPSA) is 106 Å². The number of nitrogens with one attached hydrogen (secondary N) is 1. The number of hydrogen-bond acceptors (Lipinski definition) is 7. The molecule has 1 unspecified atom stereocenters. The monoisotopic (exact) mass is 371 g/mol. The van der Waals surface area contributed by atoms with Gasteiger partial charge in [0.1, 0.15) is 6.33 Å². The average Bonchev–Trinajstić information content (AvgIpc) is 3.24. The Morgan fingerprint density at radius 1 is 1.19 bits per heavy atom. The summed E-state index contributed by atoms with van der Waals surface area (Å²) in [6.07, 6.45) is 4.81. The van der Waals surface area contributed by atoms with E-state index in [1.54, 1.807) is 36.7 Å².